The van der Waals surface area contributed by atoms with Crippen molar-refractivity contribution in [1.82, 2.24) is 0 Å². The van der Waals surface area contributed by atoms with E-state index in [0.717, 1.165) is 24.3 Å². The highest BCUT2D eigenvalue weighted by Gasteiger charge is 2.72. The first kappa shape index (κ1) is 21.0. The number of benzene rings is 2. The summed E-state index contributed by atoms with van der Waals surface area (Å²) < 4.78 is 80.9. The van der Waals surface area contributed by atoms with Crippen LogP contribution in [0.3, 0.4) is 0 Å². The molecule has 0 aliphatic rings. The van der Waals surface area contributed by atoms with Gasteiger partial charge < -0.3 is 5.11 Å². The lowest BCUT2D eigenvalue weighted by Gasteiger charge is -2.38. The van der Waals surface area contributed by atoms with Crippen LogP contribution in [-0.4, -0.2) is 17.5 Å². The van der Waals surface area contributed by atoms with Crippen molar-refractivity contribution in [1.29, 1.82) is 0 Å². The summed E-state index contributed by atoms with van der Waals surface area (Å²) in [6.07, 6.45) is -11.5. The van der Waals surface area contributed by atoms with Crippen molar-refractivity contribution in [2.24, 2.45) is 0 Å². The lowest BCUT2D eigenvalue weighted by molar-refractivity contribution is -0.288. The second-order valence-electron chi connectivity index (χ2n) is 5.37. The van der Waals surface area contributed by atoms with Crippen LogP contribution in [0.2, 0.25) is 0 Å². The molecule has 0 amide bonds. The molecule has 0 aliphatic heterocycles. The fourth-order valence-corrected chi connectivity index (χ4v) is 2.98. The summed E-state index contributed by atoms with van der Waals surface area (Å²) in [7, 11) is 0. The van der Waals surface area contributed by atoms with E-state index in [4.69, 9.17) is 34.8 Å². The van der Waals surface area contributed by atoms with Gasteiger partial charge in [0, 0.05) is 5.56 Å². The molecule has 1 N–H and O–H groups in total. The van der Waals surface area contributed by atoms with Gasteiger partial charge >= 0.3 is 12.4 Å². The molecule has 142 valence electrons. The molecule has 0 radical (unpaired) electrons. The quantitative estimate of drug-likeness (QED) is 0.413. The predicted octanol–water partition coefficient (Wildman–Crippen LogP) is 6.63. The molecule has 0 saturated carbocycles. The first-order chi connectivity index (χ1) is 11.7. The summed E-state index contributed by atoms with van der Waals surface area (Å²) in [5.74, 6) is -0.474. The van der Waals surface area contributed by atoms with Gasteiger partial charge in [0.15, 0.2) is 0 Å². The Morgan fingerprint density at radius 1 is 0.577 bits per heavy atom. The average Bonchev–Trinajstić information content (AvgIpc) is 2.46. The highest BCUT2D eigenvalue weighted by atomic mass is 35.6. The Labute approximate surface area is 159 Å². The minimum Gasteiger partial charge on any atom is -0.508 e. The Kier molecular flexibility index (Phi) is 5.40. The Balaban J connectivity index is 2.81. The molecule has 0 atom stereocenters. The van der Waals surface area contributed by atoms with Gasteiger partial charge in [-0.1, -0.05) is 71.2 Å². The van der Waals surface area contributed by atoms with Crippen LogP contribution in [0, 0.1) is 0 Å². The van der Waals surface area contributed by atoms with Crippen molar-refractivity contribution < 1.29 is 31.4 Å². The van der Waals surface area contributed by atoms with Crippen LogP contribution >= 0.6 is 34.8 Å². The third kappa shape index (κ3) is 3.57. The number of rotatable bonds is 2. The van der Waals surface area contributed by atoms with Crippen molar-refractivity contribution in [3.05, 3.63) is 65.2 Å². The molecule has 0 aliphatic carbocycles. The highest BCUT2D eigenvalue weighted by molar-refractivity contribution is 6.66. The monoisotopic (exact) mass is 436 g/mol. The molecule has 1 nitrogen and oxygen atoms in total. The van der Waals surface area contributed by atoms with Gasteiger partial charge in [-0.25, -0.2) is 0 Å². The molecule has 0 bridgehead atoms. The summed E-state index contributed by atoms with van der Waals surface area (Å²) in [6, 6.07) is 5.63. The van der Waals surface area contributed by atoms with Crippen LogP contribution in [0.15, 0.2) is 48.5 Å². The van der Waals surface area contributed by atoms with E-state index in [1.165, 1.54) is 0 Å². The van der Waals surface area contributed by atoms with Gasteiger partial charge in [-0.3, -0.25) is 0 Å². The number of hydrogen-bond donors (Lipinski definition) is 1. The van der Waals surface area contributed by atoms with Crippen LogP contribution in [0.5, 0.6) is 5.75 Å². The van der Waals surface area contributed by atoms with E-state index in [2.05, 4.69) is 0 Å². The predicted molar refractivity (Wildman–Crippen MR) is 86.7 cm³/mol. The SMILES string of the molecule is Oc1ccc(C(c2ccc(C(Cl)(Cl)Cl)cc2)(C(F)(F)F)C(F)(F)F)cc1. The number of phenols is 1. The van der Waals surface area contributed by atoms with E-state index in [9.17, 15) is 31.4 Å². The zero-order valence-electron chi connectivity index (χ0n) is 12.5. The molecule has 2 rings (SSSR count). The van der Waals surface area contributed by atoms with Crippen molar-refractivity contribution in [3.8, 4) is 5.75 Å². The first-order valence-corrected chi connectivity index (χ1v) is 7.95. The van der Waals surface area contributed by atoms with E-state index in [-0.39, 0.29) is 5.56 Å². The number of hydrogen-bond acceptors (Lipinski definition) is 1. The van der Waals surface area contributed by atoms with Crippen LogP contribution in [0.25, 0.3) is 0 Å². The van der Waals surface area contributed by atoms with Crippen molar-refractivity contribution >= 4 is 34.8 Å². The van der Waals surface area contributed by atoms with Gasteiger partial charge in [-0.2, -0.15) is 26.3 Å². The lowest BCUT2D eigenvalue weighted by Crippen LogP contribution is -2.54. The van der Waals surface area contributed by atoms with Crippen LogP contribution < -0.4 is 0 Å². The normalized spacial score (nSPS) is 13.7. The molecule has 0 heterocycles. The van der Waals surface area contributed by atoms with Gasteiger partial charge in [0.05, 0.1) is 0 Å². The van der Waals surface area contributed by atoms with E-state index < -0.39 is 38.4 Å². The fourth-order valence-electron chi connectivity index (χ4n) is 2.60. The summed E-state index contributed by atoms with van der Waals surface area (Å²) in [5.41, 5.74) is -6.60. The molecule has 26 heavy (non-hydrogen) atoms. The number of alkyl halides is 9. The Morgan fingerprint density at radius 2 is 0.885 bits per heavy atom. The standard InChI is InChI=1S/C16H9Cl3F6O/c17-14(18,19)11-3-1-9(2-4-11)13(15(20,21)22,16(23,24)25)10-5-7-12(26)8-6-10/h1-8,26H. The summed E-state index contributed by atoms with van der Waals surface area (Å²) in [5, 5.41) is 9.22. The van der Waals surface area contributed by atoms with Crippen LogP contribution in [-0.2, 0) is 9.21 Å². The minimum absolute atomic E-state index is 0.0878. The largest absolute Gasteiger partial charge is 0.508 e. The van der Waals surface area contributed by atoms with Gasteiger partial charge in [-0.15, -0.1) is 0 Å². The first-order valence-electron chi connectivity index (χ1n) is 6.82. The molecular formula is C16H9Cl3F6O. The second kappa shape index (κ2) is 6.69. The van der Waals surface area contributed by atoms with Gasteiger partial charge in [0.25, 0.3) is 0 Å². The molecule has 10 heteroatoms. The van der Waals surface area contributed by atoms with Gasteiger partial charge in [0.1, 0.15) is 5.75 Å². The molecule has 2 aromatic carbocycles. The Morgan fingerprint density at radius 3 is 1.19 bits per heavy atom. The molecule has 2 aromatic rings. The Bertz CT molecular complexity index is 747. The Hall–Kier alpha value is -1.31. The van der Waals surface area contributed by atoms with Crippen LogP contribution in [0.4, 0.5) is 26.3 Å². The summed E-state index contributed by atoms with van der Waals surface area (Å²) in [6.45, 7) is 0. The van der Waals surface area contributed by atoms with E-state index in [0.29, 0.717) is 24.3 Å². The van der Waals surface area contributed by atoms with Crippen molar-refractivity contribution in [3.63, 3.8) is 0 Å². The second-order valence-corrected chi connectivity index (χ2v) is 7.65. The molecule has 0 aromatic heterocycles. The number of halogens is 9. The van der Waals surface area contributed by atoms with Gasteiger partial charge in [0.2, 0.25) is 9.21 Å². The van der Waals surface area contributed by atoms with E-state index in [1.807, 2.05) is 0 Å². The summed E-state index contributed by atoms with van der Waals surface area (Å²) in [4.78, 5) is 0. The molecular weight excluding hydrogens is 429 g/mol. The molecule has 0 fully saturated rings. The maximum absolute atomic E-state index is 13.8. The fraction of sp³-hybridized carbons (Fsp3) is 0.250. The zero-order chi connectivity index (χ0) is 20.0. The van der Waals surface area contributed by atoms with E-state index >= 15 is 0 Å². The summed E-state index contributed by atoms with van der Waals surface area (Å²) >= 11 is 16.8. The maximum Gasteiger partial charge on any atom is 0.411 e. The van der Waals surface area contributed by atoms with Crippen molar-refractivity contribution in [2.45, 2.75) is 21.6 Å². The van der Waals surface area contributed by atoms with Crippen molar-refractivity contribution in [2.75, 3.05) is 0 Å². The molecule has 0 unspecified atom stereocenters. The average molecular weight is 438 g/mol. The topological polar surface area (TPSA) is 20.2 Å². The number of phenolic OH excluding ortho intramolecular Hbond substituents is 1. The third-order valence-corrected chi connectivity index (χ3v) is 4.45. The number of aromatic hydroxyl groups is 1. The van der Waals surface area contributed by atoms with Crippen LogP contribution in [0.1, 0.15) is 16.7 Å². The van der Waals surface area contributed by atoms with Gasteiger partial charge in [-0.05, 0) is 23.3 Å². The smallest absolute Gasteiger partial charge is 0.411 e. The van der Waals surface area contributed by atoms with E-state index in [1.54, 1.807) is 0 Å². The molecule has 0 spiro atoms. The highest BCUT2D eigenvalue weighted by Crippen LogP contribution is 2.56. The minimum atomic E-state index is -5.73. The zero-order valence-corrected chi connectivity index (χ0v) is 14.7. The third-order valence-electron chi connectivity index (χ3n) is 3.80. The molecule has 0 saturated heterocycles. The maximum atomic E-state index is 13.8. The lowest BCUT2D eigenvalue weighted by atomic mass is 9.72.